The van der Waals surface area contributed by atoms with E-state index in [1.165, 1.54) is 12.4 Å². The number of aromatic nitrogens is 7. The number of nitrogens with zero attached hydrogens (tertiary/aromatic N) is 7. The molecule has 0 fully saturated rings. The van der Waals surface area contributed by atoms with Crippen molar-refractivity contribution in [1.29, 1.82) is 0 Å². The summed E-state index contributed by atoms with van der Waals surface area (Å²) < 4.78 is 1.22. The molecule has 3 heterocycles. The Kier molecular flexibility index (Phi) is 4.89. The summed E-state index contributed by atoms with van der Waals surface area (Å²) in [6.07, 6.45) is 2.68. The predicted octanol–water partition coefficient (Wildman–Crippen LogP) is 2.60. The van der Waals surface area contributed by atoms with E-state index in [0.717, 1.165) is 11.1 Å². The highest BCUT2D eigenvalue weighted by Gasteiger charge is 2.21. The molecule has 9 heteroatoms. The van der Waals surface area contributed by atoms with E-state index in [1.54, 1.807) is 18.2 Å². The van der Waals surface area contributed by atoms with E-state index < -0.39 is 0 Å². The molecule has 9 nitrogen and oxygen atoms in total. The summed E-state index contributed by atoms with van der Waals surface area (Å²) in [6.45, 7) is 0. The fraction of sp³-hybridized carbons (Fsp3) is 0. The molecule has 0 atom stereocenters. The van der Waals surface area contributed by atoms with Gasteiger partial charge in [-0.05, 0) is 22.3 Å². The molecule has 0 aliphatic rings. The first kappa shape index (κ1) is 19.2. The molecule has 0 N–H and O–H groups in total. The van der Waals surface area contributed by atoms with Gasteiger partial charge in [-0.25, -0.2) is 14.4 Å². The topological polar surface area (TPSA) is 118 Å². The summed E-state index contributed by atoms with van der Waals surface area (Å²) in [6, 6.07) is 23.4. The lowest BCUT2D eigenvalue weighted by atomic mass is 10.2. The second kappa shape index (κ2) is 8.15. The molecule has 5 aromatic rings. The maximum atomic E-state index is 12.6. The van der Waals surface area contributed by atoms with Crippen LogP contribution in [0.4, 0.5) is 0 Å². The molecule has 3 aromatic heterocycles. The zero-order valence-corrected chi connectivity index (χ0v) is 16.6. The maximum absolute atomic E-state index is 12.6. The molecule has 154 valence electrons. The third kappa shape index (κ3) is 3.70. The van der Waals surface area contributed by atoms with Crippen molar-refractivity contribution in [2.24, 2.45) is 0 Å². The second-order valence-electron chi connectivity index (χ2n) is 6.87. The van der Waals surface area contributed by atoms with Gasteiger partial charge in [0.2, 0.25) is 0 Å². The fourth-order valence-electron chi connectivity index (χ4n) is 3.18. The van der Waals surface area contributed by atoms with Gasteiger partial charge < -0.3 is 10.4 Å². The molecule has 0 saturated heterocycles. The third-order valence-electron chi connectivity index (χ3n) is 4.75. The second-order valence-corrected chi connectivity index (χ2v) is 6.87. The van der Waals surface area contributed by atoms with Gasteiger partial charge in [-0.3, -0.25) is 0 Å². The van der Waals surface area contributed by atoms with Gasteiger partial charge >= 0.3 is 11.6 Å². The van der Waals surface area contributed by atoms with Crippen LogP contribution in [0.5, 0.6) is 0 Å². The van der Waals surface area contributed by atoms with E-state index in [1.807, 2.05) is 60.7 Å². The van der Waals surface area contributed by atoms with E-state index in [4.69, 9.17) is 0 Å². The monoisotopic (exact) mass is 421 g/mol. The predicted molar refractivity (Wildman–Crippen MR) is 115 cm³/mol. The molecule has 0 spiro atoms. The van der Waals surface area contributed by atoms with E-state index in [2.05, 4.69) is 25.4 Å². The first-order valence-corrected chi connectivity index (χ1v) is 9.71. The number of rotatable bonds is 4. The van der Waals surface area contributed by atoms with Crippen molar-refractivity contribution < 1.29 is 9.46 Å². The lowest BCUT2D eigenvalue weighted by Gasteiger charge is -2.08. The minimum absolute atomic E-state index is 0.0119. The van der Waals surface area contributed by atoms with Crippen LogP contribution in [-0.2, 0) is 0 Å². The van der Waals surface area contributed by atoms with Crippen molar-refractivity contribution in [3.63, 3.8) is 0 Å². The Hall–Kier alpha value is -4.79. The molecule has 0 aliphatic heterocycles. The lowest BCUT2D eigenvalue weighted by molar-refractivity contribution is -0.597. The summed E-state index contributed by atoms with van der Waals surface area (Å²) in [7, 11) is 0. The first-order chi connectivity index (χ1) is 15.7. The van der Waals surface area contributed by atoms with Gasteiger partial charge in [0.15, 0.2) is 22.8 Å². The summed E-state index contributed by atoms with van der Waals surface area (Å²) in [5.41, 5.74) is 2.97. The average molecular weight is 421 g/mol. The van der Waals surface area contributed by atoms with Crippen LogP contribution in [0.25, 0.3) is 45.6 Å². The van der Waals surface area contributed by atoms with E-state index in [-0.39, 0.29) is 23.0 Å². The Morgan fingerprint density at radius 1 is 0.469 bits per heavy atom. The van der Waals surface area contributed by atoms with Crippen LogP contribution < -0.4 is 9.46 Å². The van der Waals surface area contributed by atoms with E-state index >= 15 is 0 Å². The van der Waals surface area contributed by atoms with Crippen molar-refractivity contribution in [3.05, 3.63) is 102 Å². The van der Waals surface area contributed by atoms with Gasteiger partial charge in [-0.15, -0.1) is 0 Å². The molecule has 0 radical (unpaired) electrons. The molecule has 0 amide bonds. The molecule has 32 heavy (non-hydrogen) atoms. The highest BCUT2D eigenvalue weighted by atomic mass is 16.5. The van der Waals surface area contributed by atoms with Gasteiger partial charge in [0.1, 0.15) is 12.4 Å². The summed E-state index contributed by atoms with van der Waals surface area (Å²) in [4.78, 5) is 4.39. The minimum atomic E-state index is 0.0119. The summed E-state index contributed by atoms with van der Waals surface area (Å²) in [5, 5.41) is 41.6. The Morgan fingerprint density at radius 3 is 1.31 bits per heavy atom. The Bertz CT molecular complexity index is 1290. The van der Waals surface area contributed by atoms with Crippen LogP contribution in [0.15, 0.2) is 91.3 Å². The van der Waals surface area contributed by atoms with Crippen molar-refractivity contribution in [2.45, 2.75) is 0 Å². The van der Waals surface area contributed by atoms with Crippen LogP contribution in [0.2, 0.25) is 0 Å². The number of hydrogen-bond donors (Lipinski definition) is 0. The summed E-state index contributed by atoms with van der Waals surface area (Å²) >= 11 is 0. The number of benzene rings is 2. The molecule has 0 unspecified atom stereocenters. The molecular formula is C23H15N7O2. The standard InChI is InChI=1S/C23H15N7O2/c31-29-14-20(16-8-3-1-4-9-16)25-27-22(29)18-12-7-13-19(24-18)23-28-26-21(15-30(23)32)17-10-5-2-6-11-17/h1-15H. The van der Waals surface area contributed by atoms with E-state index in [9.17, 15) is 10.4 Å². The smallest absolute Gasteiger partial charge is 0.379 e. The largest absolute Gasteiger partial charge is 0.710 e. The lowest BCUT2D eigenvalue weighted by Crippen LogP contribution is -2.32. The molecular weight excluding hydrogens is 406 g/mol. The minimum Gasteiger partial charge on any atom is -0.710 e. The van der Waals surface area contributed by atoms with Gasteiger partial charge in [0.05, 0.1) is 10.2 Å². The highest BCUT2D eigenvalue weighted by molar-refractivity contribution is 5.59. The van der Waals surface area contributed by atoms with Crippen molar-refractivity contribution in [3.8, 4) is 45.6 Å². The normalized spacial score (nSPS) is 10.8. The van der Waals surface area contributed by atoms with Crippen molar-refractivity contribution in [1.82, 2.24) is 25.4 Å². The average Bonchev–Trinajstić information content (AvgIpc) is 2.85. The van der Waals surface area contributed by atoms with Gasteiger partial charge in [0, 0.05) is 11.1 Å². The van der Waals surface area contributed by atoms with Crippen molar-refractivity contribution >= 4 is 0 Å². The van der Waals surface area contributed by atoms with Gasteiger partial charge in [0.25, 0.3) is 0 Å². The molecule has 0 aliphatic carbocycles. The number of hydrogen-bond acceptors (Lipinski definition) is 7. The Balaban J connectivity index is 1.49. The van der Waals surface area contributed by atoms with Crippen LogP contribution in [0, 0.1) is 10.4 Å². The highest BCUT2D eigenvalue weighted by Crippen LogP contribution is 2.19. The van der Waals surface area contributed by atoms with Crippen LogP contribution in [-0.4, -0.2) is 25.4 Å². The molecule has 0 bridgehead atoms. The van der Waals surface area contributed by atoms with Crippen molar-refractivity contribution in [2.75, 3.05) is 0 Å². The van der Waals surface area contributed by atoms with E-state index in [0.29, 0.717) is 20.8 Å². The maximum Gasteiger partial charge on any atom is 0.379 e. The summed E-state index contributed by atoms with van der Waals surface area (Å²) in [5.74, 6) is 0.0238. The Labute approximate surface area is 182 Å². The number of pyridine rings is 1. The van der Waals surface area contributed by atoms with Crippen LogP contribution >= 0.6 is 0 Å². The SMILES string of the molecule is [O-][n+]1cc(-c2ccccc2)nnc1-c1cccc(-c2nnc(-c3ccccc3)c[n+]2[O-])n1. The first-order valence-electron chi connectivity index (χ1n) is 9.71. The molecule has 5 rings (SSSR count). The van der Waals surface area contributed by atoms with Crippen LogP contribution in [0.3, 0.4) is 0 Å². The zero-order chi connectivity index (χ0) is 21.9. The fourth-order valence-corrected chi connectivity index (χ4v) is 3.18. The zero-order valence-electron chi connectivity index (χ0n) is 16.6. The van der Waals surface area contributed by atoms with Gasteiger partial charge in [-0.1, -0.05) is 66.7 Å². The quantitative estimate of drug-likeness (QED) is 0.323. The third-order valence-corrected chi connectivity index (χ3v) is 4.75. The molecule has 0 saturated carbocycles. The van der Waals surface area contributed by atoms with Crippen LogP contribution in [0.1, 0.15) is 0 Å². The Morgan fingerprint density at radius 2 is 0.906 bits per heavy atom. The van der Waals surface area contributed by atoms with Gasteiger partial charge in [-0.2, -0.15) is 0 Å². The molecule has 2 aromatic carbocycles.